The van der Waals surface area contributed by atoms with E-state index in [1.807, 2.05) is 30.9 Å². The molecule has 12 nitrogen and oxygen atoms in total. The van der Waals surface area contributed by atoms with E-state index in [9.17, 15) is 14.7 Å². The molecule has 0 unspecified atom stereocenters. The molecule has 2 fully saturated rings. The average molecular weight is 989 g/mol. The van der Waals surface area contributed by atoms with Crippen molar-refractivity contribution in [3.63, 3.8) is 0 Å². The zero-order valence-corrected chi connectivity index (χ0v) is 44.5. The van der Waals surface area contributed by atoms with Crippen LogP contribution in [0.25, 0.3) is 44.6 Å². The molecule has 4 aromatic heterocycles. The summed E-state index contributed by atoms with van der Waals surface area (Å²) >= 11 is 0. The summed E-state index contributed by atoms with van der Waals surface area (Å²) in [5.41, 5.74) is 13.3. The van der Waals surface area contributed by atoms with Crippen LogP contribution in [0.2, 0.25) is 51.4 Å². The molecular weight excluding hydrogens is 909 g/mol. The van der Waals surface area contributed by atoms with E-state index < -0.39 is 22.1 Å². The fourth-order valence-corrected chi connectivity index (χ4v) is 13.1. The third-order valence-corrected chi connectivity index (χ3v) is 18.6. The summed E-state index contributed by atoms with van der Waals surface area (Å²) < 4.78 is 26.6. The van der Waals surface area contributed by atoms with Gasteiger partial charge in [0, 0.05) is 64.3 Å². The number of fused-ring (bicyclic) bond motifs is 10. The van der Waals surface area contributed by atoms with Gasteiger partial charge in [-0.15, -0.1) is 0 Å². The molecule has 2 aromatic carbocycles. The molecular formula is C56H80N6O6Si2. The van der Waals surface area contributed by atoms with Crippen LogP contribution >= 0.6 is 0 Å². The maximum absolute atomic E-state index is 12.4. The van der Waals surface area contributed by atoms with Crippen molar-refractivity contribution in [2.45, 2.75) is 187 Å². The van der Waals surface area contributed by atoms with Crippen LogP contribution in [0.3, 0.4) is 0 Å². The zero-order chi connectivity index (χ0) is 48.5. The van der Waals surface area contributed by atoms with Gasteiger partial charge in [0.25, 0.3) is 0 Å². The van der Waals surface area contributed by atoms with E-state index in [0.29, 0.717) is 36.4 Å². The second-order valence-corrected chi connectivity index (χ2v) is 33.9. The Hall–Kier alpha value is -4.77. The normalized spacial score (nSPS) is 16.6. The first-order valence-corrected chi connectivity index (χ1v) is 33.5. The van der Waals surface area contributed by atoms with Gasteiger partial charge in [0.05, 0.1) is 65.1 Å². The third kappa shape index (κ3) is 11.0. The van der Waals surface area contributed by atoms with E-state index in [0.717, 1.165) is 80.8 Å². The molecule has 0 bridgehead atoms. The number of carbonyl (C=O) groups excluding carboxylic acids is 1. The highest BCUT2D eigenvalue weighted by Crippen LogP contribution is 2.48. The summed E-state index contributed by atoms with van der Waals surface area (Å²) in [6.45, 7) is 18.7. The summed E-state index contributed by atoms with van der Waals surface area (Å²) in [6.07, 6.45) is 20.4. The fourth-order valence-electron chi connectivity index (χ4n) is 11.6. The Kier molecular flexibility index (Phi) is 16.2. The van der Waals surface area contributed by atoms with Gasteiger partial charge in [0.15, 0.2) is 0 Å². The van der Waals surface area contributed by atoms with Crippen LogP contribution in [0.15, 0.2) is 49.1 Å². The number of aromatic carboxylic acids is 1. The summed E-state index contributed by atoms with van der Waals surface area (Å²) in [5.74, 6) is -0.109. The predicted octanol–water partition coefficient (Wildman–Crippen LogP) is 13.7. The van der Waals surface area contributed by atoms with E-state index in [-0.39, 0.29) is 13.4 Å². The fraction of sp³-hybridized carbons (Fsp3) is 0.571. The van der Waals surface area contributed by atoms with Crippen LogP contribution in [0.1, 0.15) is 140 Å². The van der Waals surface area contributed by atoms with Crippen LogP contribution in [0.4, 0.5) is 0 Å². The smallest absolute Gasteiger partial charge is 0.337 e. The Labute approximate surface area is 418 Å². The predicted molar refractivity (Wildman–Crippen MR) is 288 cm³/mol. The molecule has 4 aliphatic rings. The van der Waals surface area contributed by atoms with Crippen molar-refractivity contribution < 1.29 is 28.9 Å². The third-order valence-electron chi connectivity index (χ3n) is 15.2. The van der Waals surface area contributed by atoms with Crippen molar-refractivity contribution in [3.8, 4) is 22.8 Å². The second-order valence-electron chi connectivity index (χ2n) is 22.7. The summed E-state index contributed by atoms with van der Waals surface area (Å²) in [6, 6.07) is 14.1. The Balaban J connectivity index is 0.000000186. The van der Waals surface area contributed by atoms with Gasteiger partial charge in [-0.25, -0.2) is 19.6 Å². The molecule has 1 N–H and O–H groups in total. The number of hydrogen-bond acceptors (Lipinski definition) is 7. The van der Waals surface area contributed by atoms with E-state index in [1.165, 1.54) is 122 Å². The van der Waals surface area contributed by atoms with Gasteiger partial charge in [-0.3, -0.25) is 0 Å². The first-order chi connectivity index (χ1) is 33.2. The molecule has 6 aromatic rings. The summed E-state index contributed by atoms with van der Waals surface area (Å²) in [5, 5.41) is 12.2. The molecule has 2 aliphatic carbocycles. The number of carbonyl (C=O) groups is 2. The molecule has 0 saturated heterocycles. The number of imidazole rings is 2. The minimum atomic E-state index is -1.14. The average Bonchev–Trinajstić information content (AvgIpc) is 4.03. The maximum Gasteiger partial charge on any atom is 0.337 e. The van der Waals surface area contributed by atoms with Crippen molar-refractivity contribution >= 4 is 49.9 Å². The van der Waals surface area contributed by atoms with Gasteiger partial charge in [-0.1, -0.05) is 97.4 Å². The van der Waals surface area contributed by atoms with Crippen LogP contribution in [0.5, 0.6) is 0 Å². The first-order valence-electron chi connectivity index (χ1n) is 26.1. The highest BCUT2D eigenvalue weighted by Gasteiger charge is 2.33. The van der Waals surface area contributed by atoms with Gasteiger partial charge in [0.2, 0.25) is 0 Å². The van der Waals surface area contributed by atoms with Crippen molar-refractivity contribution in [1.29, 1.82) is 0 Å². The number of ether oxygens (including phenoxy) is 3. The molecule has 0 amide bonds. The lowest BCUT2D eigenvalue weighted by molar-refractivity contribution is 0.0600. The molecule has 2 saturated carbocycles. The zero-order valence-electron chi connectivity index (χ0n) is 42.5. The number of hydrogen-bond donors (Lipinski definition) is 1. The molecule has 0 radical (unpaired) electrons. The topological polar surface area (TPSA) is 128 Å². The Morgan fingerprint density at radius 3 is 1.46 bits per heavy atom. The number of aryl methyl sites for hydroxylation is 4. The van der Waals surface area contributed by atoms with Gasteiger partial charge in [0.1, 0.15) is 13.5 Å². The van der Waals surface area contributed by atoms with Crippen LogP contribution in [0, 0.1) is 0 Å². The van der Waals surface area contributed by atoms with Crippen molar-refractivity contribution in [1.82, 2.24) is 28.2 Å². The molecule has 378 valence electrons. The van der Waals surface area contributed by atoms with Gasteiger partial charge < -0.3 is 37.6 Å². The van der Waals surface area contributed by atoms with Crippen LogP contribution in [-0.4, -0.2) is 81.8 Å². The molecule has 6 heterocycles. The maximum atomic E-state index is 12.4. The summed E-state index contributed by atoms with van der Waals surface area (Å²) in [7, 11) is -0.831. The largest absolute Gasteiger partial charge is 0.478 e. The number of carboxylic acids is 1. The van der Waals surface area contributed by atoms with E-state index in [4.69, 9.17) is 24.2 Å². The summed E-state index contributed by atoms with van der Waals surface area (Å²) in [4.78, 5) is 33.8. The Bertz CT molecular complexity index is 2790. The SMILES string of the molecule is C.COC(=O)c1ccc2c(C3CCCCC3)c3n(c2c1)CCCc1ncn(COCC[Si](C)(C)C)c1-3.C[Si](C)(C)CCOCn1cnc2c1-c1c(C3CCCCC3)c3ccc(C(=O)O)cc3n1CCC2. The number of esters is 1. The van der Waals surface area contributed by atoms with E-state index in [1.54, 1.807) is 6.07 Å². The Morgan fingerprint density at radius 2 is 1.04 bits per heavy atom. The van der Waals surface area contributed by atoms with Crippen LogP contribution < -0.4 is 0 Å². The number of nitrogens with zero attached hydrogens (tertiary/aromatic N) is 6. The molecule has 14 heteroatoms. The van der Waals surface area contributed by atoms with Gasteiger partial charge >= 0.3 is 11.9 Å². The number of methoxy groups -OCH3 is 1. The number of carboxylic acid groups (broad SMARTS) is 1. The minimum Gasteiger partial charge on any atom is -0.478 e. The lowest BCUT2D eigenvalue weighted by Gasteiger charge is -2.24. The quantitative estimate of drug-likeness (QED) is 0.0649. The molecule has 10 rings (SSSR count). The van der Waals surface area contributed by atoms with Crippen molar-refractivity contribution in [2.75, 3.05) is 20.3 Å². The lowest BCUT2D eigenvalue weighted by Crippen LogP contribution is -2.22. The molecule has 0 atom stereocenters. The van der Waals surface area contributed by atoms with Crippen molar-refractivity contribution in [2.24, 2.45) is 0 Å². The van der Waals surface area contributed by atoms with Crippen molar-refractivity contribution in [3.05, 3.63) is 82.7 Å². The molecule has 70 heavy (non-hydrogen) atoms. The standard InChI is InChI=1S/C28H39N3O3Si.C27H37N3O3Si.CH4/c1-33-28(32)21-12-13-22-24(17-21)31-14-8-11-23-26(27(31)25(22)20-9-6-5-7-10-20)30(18-29-23)19-34-15-16-35(2,3)4;1-34(2,3)15-14-33-18-29-17-28-22-10-7-13-30-23-16-20(27(31)32)11-12-21(23)24(26(30)25(22)29)19-8-5-4-6-9-19;/h12-13,17-18,20H,5-11,14-16,19H2,1-4H3;11-12,16-17,19H,4-10,13-15,18H2,1-3H3,(H,31,32);1H4. The second kappa shape index (κ2) is 21.9. The number of aromatic nitrogens is 6. The molecule has 2 aliphatic heterocycles. The van der Waals surface area contributed by atoms with Gasteiger partial charge in [-0.2, -0.15) is 0 Å². The van der Waals surface area contributed by atoms with E-state index >= 15 is 0 Å². The first kappa shape index (κ1) is 51.6. The Morgan fingerprint density at radius 1 is 0.614 bits per heavy atom. The highest BCUT2D eigenvalue weighted by atomic mass is 28.3. The minimum absolute atomic E-state index is 0. The highest BCUT2D eigenvalue weighted by molar-refractivity contribution is 6.76. The lowest BCUT2D eigenvalue weighted by atomic mass is 9.82. The van der Waals surface area contributed by atoms with Crippen LogP contribution in [-0.2, 0) is 53.6 Å². The number of rotatable bonds is 14. The van der Waals surface area contributed by atoms with E-state index in [2.05, 4.69) is 69.7 Å². The van der Waals surface area contributed by atoms with Gasteiger partial charge in [-0.05, 0) is 111 Å². The molecule has 0 spiro atoms. The monoisotopic (exact) mass is 989 g/mol. The number of benzene rings is 2.